The molecule has 0 spiro atoms. The molecule has 5 heteroatoms. The monoisotopic (exact) mass is 326 g/mol. The number of amides is 1. The summed E-state index contributed by atoms with van der Waals surface area (Å²) in [6, 6.07) is 8.13. The average Bonchev–Trinajstić information content (AvgIpc) is 2.78. The van der Waals surface area contributed by atoms with Gasteiger partial charge in [0.1, 0.15) is 5.82 Å². The van der Waals surface area contributed by atoms with Gasteiger partial charge in [-0.1, -0.05) is 25.1 Å². The van der Waals surface area contributed by atoms with Gasteiger partial charge in [-0.3, -0.25) is 4.79 Å². The lowest BCUT2D eigenvalue weighted by molar-refractivity contribution is -0.122. The molecule has 3 rings (SSSR count). The number of rotatable bonds is 4. The average molecular weight is 327 g/mol. The first kappa shape index (κ1) is 17.2. The Morgan fingerprint density at radius 3 is 2.59 bits per heavy atom. The number of carbonyl (C=O) groups excluding carboxylic acids is 1. The maximum absolute atomic E-state index is 13.7. The van der Waals surface area contributed by atoms with Crippen LogP contribution in [-0.4, -0.2) is 24.0 Å². The summed E-state index contributed by atoms with van der Waals surface area (Å²) in [4.78, 5) is 12.2. The zero-order valence-electron chi connectivity index (χ0n) is 12.8. The molecule has 3 nitrogen and oxygen atoms in total. The van der Waals surface area contributed by atoms with E-state index in [0.29, 0.717) is 24.1 Å². The van der Waals surface area contributed by atoms with Crippen LogP contribution in [0.25, 0.3) is 0 Å². The van der Waals surface area contributed by atoms with Crippen molar-refractivity contribution in [1.82, 2.24) is 10.6 Å². The fraction of sp³-hybridized carbons (Fsp3) is 0.588. The highest BCUT2D eigenvalue weighted by Crippen LogP contribution is 2.27. The van der Waals surface area contributed by atoms with Gasteiger partial charge in [-0.05, 0) is 43.2 Å². The van der Waals surface area contributed by atoms with E-state index < -0.39 is 0 Å². The van der Waals surface area contributed by atoms with E-state index in [0.717, 1.165) is 12.8 Å². The molecule has 2 aliphatic rings. The Morgan fingerprint density at radius 2 is 1.95 bits per heavy atom. The third kappa shape index (κ3) is 3.99. The van der Waals surface area contributed by atoms with Crippen molar-refractivity contribution in [3.63, 3.8) is 0 Å². The Hall–Kier alpha value is -1.13. The summed E-state index contributed by atoms with van der Waals surface area (Å²) >= 11 is 0. The van der Waals surface area contributed by atoms with E-state index in [1.807, 2.05) is 13.0 Å². The third-order valence-electron chi connectivity index (χ3n) is 4.77. The normalized spacial score (nSPS) is 27.8. The molecule has 0 aliphatic carbocycles. The minimum Gasteiger partial charge on any atom is -0.353 e. The van der Waals surface area contributed by atoms with Crippen molar-refractivity contribution in [3.05, 3.63) is 35.6 Å². The van der Waals surface area contributed by atoms with E-state index >= 15 is 0 Å². The van der Waals surface area contributed by atoms with Gasteiger partial charge in [0.2, 0.25) is 5.91 Å². The summed E-state index contributed by atoms with van der Waals surface area (Å²) in [7, 11) is 0. The van der Waals surface area contributed by atoms with Crippen LogP contribution >= 0.6 is 12.4 Å². The van der Waals surface area contributed by atoms with E-state index in [-0.39, 0.29) is 36.1 Å². The lowest BCUT2D eigenvalue weighted by atomic mass is 9.95. The molecule has 2 aliphatic heterocycles. The van der Waals surface area contributed by atoms with E-state index in [1.54, 1.807) is 12.1 Å². The highest BCUT2D eigenvalue weighted by atomic mass is 35.5. The number of hydrogen-bond donors (Lipinski definition) is 2. The number of carbonyl (C=O) groups is 1. The van der Waals surface area contributed by atoms with Crippen molar-refractivity contribution in [2.75, 3.05) is 0 Å². The predicted octanol–water partition coefficient (Wildman–Crippen LogP) is 3.14. The van der Waals surface area contributed by atoms with Crippen LogP contribution < -0.4 is 10.6 Å². The van der Waals surface area contributed by atoms with Crippen molar-refractivity contribution in [1.29, 1.82) is 0 Å². The molecule has 0 radical (unpaired) electrons. The minimum atomic E-state index is -0.224. The number of fused-ring (bicyclic) bond motifs is 2. The number of piperidine rings is 1. The van der Waals surface area contributed by atoms with Gasteiger partial charge in [-0.25, -0.2) is 4.39 Å². The van der Waals surface area contributed by atoms with Crippen LogP contribution in [0.3, 0.4) is 0 Å². The van der Waals surface area contributed by atoms with Crippen LogP contribution in [0.5, 0.6) is 0 Å². The summed E-state index contributed by atoms with van der Waals surface area (Å²) in [6.07, 6.45) is 4.85. The lowest BCUT2D eigenvalue weighted by Gasteiger charge is -2.30. The molecule has 2 bridgehead atoms. The molecule has 122 valence electrons. The van der Waals surface area contributed by atoms with Gasteiger partial charge >= 0.3 is 0 Å². The molecule has 2 fully saturated rings. The van der Waals surface area contributed by atoms with E-state index in [9.17, 15) is 9.18 Å². The molecule has 1 aromatic carbocycles. The second-order valence-corrected chi connectivity index (χ2v) is 6.50. The molecule has 0 aromatic heterocycles. The zero-order chi connectivity index (χ0) is 14.8. The highest BCUT2D eigenvalue weighted by molar-refractivity contribution is 5.85. The van der Waals surface area contributed by atoms with Crippen LogP contribution in [0.4, 0.5) is 4.39 Å². The standard InChI is InChI=1S/C17H23FN2O.ClH/c1-11(15-4-2-3-5-16(15)18)8-17(21)20-14-9-12-6-7-13(10-14)19-12;/h2-5,11-14,19H,6-10H2,1H3,(H,20,21);1H. The van der Waals surface area contributed by atoms with Crippen molar-refractivity contribution in [2.24, 2.45) is 0 Å². The first-order valence-corrected chi connectivity index (χ1v) is 7.91. The van der Waals surface area contributed by atoms with Gasteiger partial charge in [0.05, 0.1) is 0 Å². The van der Waals surface area contributed by atoms with E-state index in [1.165, 1.54) is 18.9 Å². The molecule has 2 N–H and O–H groups in total. The second kappa shape index (κ2) is 7.42. The molecule has 3 unspecified atom stereocenters. The SMILES string of the molecule is CC(CC(=O)NC1CC2CCC(C1)N2)c1ccccc1F.Cl. The predicted molar refractivity (Wildman–Crippen MR) is 87.8 cm³/mol. The fourth-order valence-electron chi connectivity index (χ4n) is 3.72. The van der Waals surface area contributed by atoms with Gasteiger partial charge in [0.15, 0.2) is 0 Å². The number of halogens is 2. The number of benzene rings is 1. The van der Waals surface area contributed by atoms with Crippen molar-refractivity contribution in [3.8, 4) is 0 Å². The first-order valence-electron chi connectivity index (χ1n) is 7.91. The Morgan fingerprint density at radius 1 is 1.32 bits per heavy atom. The molecule has 0 saturated carbocycles. The van der Waals surface area contributed by atoms with Crippen LogP contribution in [-0.2, 0) is 4.79 Å². The second-order valence-electron chi connectivity index (χ2n) is 6.50. The highest BCUT2D eigenvalue weighted by Gasteiger charge is 2.34. The van der Waals surface area contributed by atoms with Gasteiger partial charge in [-0.2, -0.15) is 0 Å². The Bertz CT molecular complexity index is 513. The molecule has 3 atom stereocenters. The Kier molecular flexibility index (Phi) is 5.81. The van der Waals surface area contributed by atoms with Gasteiger partial charge in [0.25, 0.3) is 0 Å². The summed E-state index contributed by atoms with van der Waals surface area (Å²) in [5, 5.41) is 6.71. The van der Waals surface area contributed by atoms with Gasteiger partial charge in [-0.15, -0.1) is 12.4 Å². The largest absolute Gasteiger partial charge is 0.353 e. The quantitative estimate of drug-likeness (QED) is 0.892. The molecule has 1 aromatic rings. The Labute approximate surface area is 137 Å². The van der Waals surface area contributed by atoms with Crippen molar-refractivity contribution < 1.29 is 9.18 Å². The van der Waals surface area contributed by atoms with Crippen molar-refractivity contribution in [2.45, 2.75) is 63.1 Å². The minimum absolute atomic E-state index is 0. The first-order chi connectivity index (χ1) is 10.1. The zero-order valence-corrected chi connectivity index (χ0v) is 13.7. The molecular weight excluding hydrogens is 303 g/mol. The van der Waals surface area contributed by atoms with E-state index in [4.69, 9.17) is 0 Å². The maximum Gasteiger partial charge on any atom is 0.220 e. The topological polar surface area (TPSA) is 41.1 Å². The fourth-order valence-corrected chi connectivity index (χ4v) is 3.72. The summed E-state index contributed by atoms with van der Waals surface area (Å²) < 4.78 is 13.7. The van der Waals surface area contributed by atoms with Crippen LogP contribution in [0.1, 0.15) is 50.5 Å². The summed E-state index contributed by atoms with van der Waals surface area (Å²) in [6.45, 7) is 1.91. The molecule has 2 heterocycles. The van der Waals surface area contributed by atoms with Crippen LogP contribution in [0.15, 0.2) is 24.3 Å². The van der Waals surface area contributed by atoms with E-state index in [2.05, 4.69) is 10.6 Å². The van der Waals surface area contributed by atoms with Crippen LogP contribution in [0.2, 0.25) is 0 Å². The lowest BCUT2D eigenvalue weighted by Crippen LogP contribution is -2.48. The van der Waals surface area contributed by atoms with Crippen molar-refractivity contribution >= 4 is 18.3 Å². The van der Waals surface area contributed by atoms with Gasteiger partial charge in [0, 0.05) is 24.5 Å². The number of nitrogens with one attached hydrogen (secondary N) is 2. The smallest absolute Gasteiger partial charge is 0.220 e. The Balaban J connectivity index is 0.00000176. The summed E-state index contributed by atoms with van der Waals surface area (Å²) in [5.41, 5.74) is 0.623. The molecule has 22 heavy (non-hydrogen) atoms. The molecule has 2 saturated heterocycles. The van der Waals surface area contributed by atoms with Crippen LogP contribution in [0, 0.1) is 5.82 Å². The van der Waals surface area contributed by atoms with Gasteiger partial charge < -0.3 is 10.6 Å². The molecular formula is C17H24ClFN2O. The maximum atomic E-state index is 13.7. The third-order valence-corrected chi connectivity index (χ3v) is 4.77. The molecule has 1 amide bonds. The number of hydrogen-bond acceptors (Lipinski definition) is 2. The summed E-state index contributed by atoms with van der Waals surface area (Å²) in [5.74, 6) is -0.278.